The van der Waals surface area contributed by atoms with E-state index < -0.39 is 48.0 Å². The molecule has 1 fully saturated rings. The number of carbonyl (C=O) groups is 1. The zero-order valence-electron chi connectivity index (χ0n) is 13.6. The summed E-state index contributed by atoms with van der Waals surface area (Å²) < 4.78 is 6.66. The van der Waals surface area contributed by atoms with Crippen LogP contribution in [0.4, 0.5) is 5.82 Å². The van der Waals surface area contributed by atoms with Crippen LogP contribution in [0.3, 0.4) is 0 Å². The molecule has 26 heavy (non-hydrogen) atoms. The van der Waals surface area contributed by atoms with Gasteiger partial charge in [0.1, 0.15) is 35.1 Å². The van der Waals surface area contributed by atoms with E-state index in [1.54, 1.807) is 6.26 Å². The molecule has 11 nitrogen and oxygen atoms in total. The first-order chi connectivity index (χ1) is 12.3. The van der Waals surface area contributed by atoms with Gasteiger partial charge in [-0.25, -0.2) is 9.97 Å². The van der Waals surface area contributed by atoms with Crippen LogP contribution in [0.25, 0.3) is 11.0 Å². The number of aliphatic hydroxyl groups is 3. The number of nitrogens with two attached hydrogens (primary N) is 2. The number of hydrogen-bond donors (Lipinski definition) is 5. The molecule has 2 aromatic rings. The predicted octanol–water partition coefficient (Wildman–Crippen LogP) is -2.19. The summed E-state index contributed by atoms with van der Waals surface area (Å²) in [5.74, 6) is -1.17. The Morgan fingerprint density at radius 2 is 2.08 bits per heavy atom. The number of ether oxygens (including phenoxy) is 1. The number of anilines is 1. The minimum absolute atomic E-state index is 0.00619. The highest BCUT2D eigenvalue weighted by Crippen LogP contribution is 2.32. The lowest BCUT2D eigenvalue weighted by Crippen LogP contribution is -2.34. The molecule has 7 N–H and O–H groups in total. The Hall–Kier alpha value is -2.25. The lowest BCUT2D eigenvalue weighted by atomic mass is 10.1. The van der Waals surface area contributed by atoms with Gasteiger partial charge in [0.05, 0.1) is 6.61 Å². The number of hydrogen-bond acceptors (Lipinski definition) is 10. The van der Waals surface area contributed by atoms with E-state index in [-0.39, 0.29) is 22.0 Å². The summed E-state index contributed by atoms with van der Waals surface area (Å²) in [6.45, 7) is -0.539. The number of nitrogen functional groups attached to an aromatic ring is 1. The molecule has 1 amide bonds. The van der Waals surface area contributed by atoms with Crippen molar-refractivity contribution in [3.8, 4) is 0 Å². The fraction of sp³-hybridized carbons (Fsp3) is 0.429. The summed E-state index contributed by atoms with van der Waals surface area (Å²) in [5.41, 5.74) is 9.98. The average Bonchev–Trinajstić information content (AvgIpc) is 2.89. The topological polar surface area (TPSA) is 187 Å². The third kappa shape index (κ3) is 2.81. The van der Waals surface area contributed by atoms with Crippen molar-refractivity contribution in [3.05, 3.63) is 22.0 Å². The second kappa shape index (κ2) is 6.81. The molecule has 4 atom stereocenters. The van der Waals surface area contributed by atoms with Gasteiger partial charge in [-0.15, -0.1) is 0 Å². The monoisotopic (exact) mass is 383 g/mol. The number of primary amides is 1. The Labute approximate surface area is 150 Å². The molecule has 0 radical (unpaired) electrons. The van der Waals surface area contributed by atoms with Gasteiger partial charge in [-0.2, -0.15) is 0 Å². The van der Waals surface area contributed by atoms with Crippen LogP contribution < -0.4 is 16.9 Å². The molecular formula is C14H17N5O6S. The third-order valence-electron chi connectivity index (χ3n) is 4.12. The number of nitrogens with zero attached hydrogens (tertiary/aromatic N) is 3. The number of fused-ring (bicyclic) bond motifs is 1. The smallest absolute Gasteiger partial charge is 0.254 e. The van der Waals surface area contributed by atoms with Crippen molar-refractivity contribution in [1.82, 2.24) is 14.5 Å². The highest BCUT2D eigenvalue weighted by atomic mass is 32.2. The average molecular weight is 383 g/mol. The van der Waals surface area contributed by atoms with E-state index in [0.717, 1.165) is 6.20 Å². The molecule has 3 rings (SSSR count). The normalized spacial score (nSPS) is 25.7. The maximum atomic E-state index is 12.6. The molecule has 140 valence electrons. The standard InChI is InChI=1S/C14H17N5O6S/c1-26-14-17-10(15)6-7(21)4(11(16)24)2-19(12(6)18-14)13-9(23)8(22)5(3-20)25-13/h2,5,8-9,13,20,22-23H,3H2,1H3,(H2,16,24)(H2,15,17,18)/t5-,8-,9-,13-/m1/s1. The fourth-order valence-electron chi connectivity index (χ4n) is 2.81. The Morgan fingerprint density at radius 3 is 2.62 bits per heavy atom. The Bertz CT molecular complexity index is 934. The van der Waals surface area contributed by atoms with E-state index in [0.29, 0.717) is 0 Å². The van der Waals surface area contributed by atoms with E-state index in [1.807, 2.05) is 0 Å². The first kappa shape index (κ1) is 18.5. The number of rotatable bonds is 4. The van der Waals surface area contributed by atoms with E-state index in [2.05, 4.69) is 9.97 Å². The van der Waals surface area contributed by atoms with E-state index in [9.17, 15) is 24.9 Å². The van der Waals surface area contributed by atoms with Crippen molar-refractivity contribution >= 4 is 34.5 Å². The van der Waals surface area contributed by atoms with Crippen LogP contribution >= 0.6 is 11.8 Å². The van der Waals surface area contributed by atoms with Gasteiger partial charge in [-0.3, -0.25) is 9.59 Å². The Kier molecular flexibility index (Phi) is 4.86. The molecule has 12 heteroatoms. The number of carbonyl (C=O) groups excluding carboxylic acids is 1. The summed E-state index contributed by atoms with van der Waals surface area (Å²) >= 11 is 1.17. The van der Waals surface area contributed by atoms with Crippen LogP contribution in [0.1, 0.15) is 16.6 Å². The molecule has 0 unspecified atom stereocenters. The molecule has 1 saturated heterocycles. The largest absolute Gasteiger partial charge is 0.394 e. The maximum Gasteiger partial charge on any atom is 0.254 e. The second-order valence-corrected chi connectivity index (χ2v) is 6.44. The number of amides is 1. The summed E-state index contributed by atoms with van der Waals surface area (Å²) in [6, 6.07) is 0. The third-order valence-corrected chi connectivity index (χ3v) is 4.67. The van der Waals surface area contributed by atoms with Gasteiger partial charge in [-0.05, 0) is 6.26 Å². The highest BCUT2D eigenvalue weighted by molar-refractivity contribution is 7.98. The molecule has 0 spiro atoms. The first-order valence-electron chi connectivity index (χ1n) is 7.48. The molecule has 1 aliphatic rings. The molecule has 0 saturated carbocycles. The minimum Gasteiger partial charge on any atom is -0.394 e. The number of aromatic nitrogens is 3. The van der Waals surface area contributed by atoms with Crippen molar-refractivity contribution in [2.24, 2.45) is 5.73 Å². The van der Waals surface area contributed by atoms with Crippen molar-refractivity contribution < 1.29 is 24.9 Å². The first-order valence-corrected chi connectivity index (χ1v) is 8.71. The van der Waals surface area contributed by atoms with Gasteiger partial charge < -0.3 is 36.1 Å². The summed E-state index contributed by atoms with van der Waals surface area (Å²) in [4.78, 5) is 32.4. The van der Waals surface area contributed by atoms with E-state index in [4.69, 9.17) is 16.2 Å². The molecule has 0 bridgehead atoms. The molecule has 2 aromatic heterocycles. The quantitative estimate of drug-likeness (QED) is 0.286. The van der Waals surface area contributed by atoms with Gasteiger partial charge in [0.25, 0.3) is 5.91 Å². The number of pyridine rings is 1. The highest BCUT2D eigenvalue weighted by Gasteiger charge is 2.44. The van der Waals surface area contributed by atoms with E-state index >= 15 is 0 Å². The Balaban J connectivity index is 2.33. The van der Waals surface area contributed by atoms with Gasteiger partial charge in [0.15, 0.2) is 17.0 Å². The van der Waals surface area contributed by atoms with Gasteiger partial charge in [0.2, 0.25) is 5.43 Å². The van der Waals surface area contributed by atoms with Crippen LogP contribution in [0.5, 0.6) is 0 Å². The van der Waals surface area contributed by atoms with Gasteiger partial charge >= 0.3 is 0 Å². The van der Waals surface area contributed by atoms with Crippen LogP contribution in [-0.2, 0) is 4.74 Å². The van der Waals surface area contributed by atoms with Crippen molar-refractivity contribution in [2.75, 3.05) is 18.6 Å². The van der Waals surface area contributed by atoms with Crippen molar-refractivity contribution in [3.63, 3.8) is 0 Å². The fourth-order valence-corrected chi connectivity index (χ4v) is 3.18. The van der Waals surface area contributed by atoms with Crippen LogP contribution in [-0.4, -0.2) is 66.9 Å². The number of aliphatic hydroxyl groups excluding tert-OH is 3. The van der Waals surface area contributed by atoms with Crippen molar-refractivity contribution in [1.29, 1.82) is 0 Å². The molecule has 1 aliphatic heterocycles. The summed E-state index contributed by atoms with van der Waals surface area (Å²) in [5, 5.41) is 29.6. The van der Waals surface area contributed by atoms with Crippen LogP contribution in [0.2, 0.25) is 0 Å². The lowest BCUT2D eigenvalue weighted by molar-refractivity contribution is -0.0512. The van der Waals surface area contributed by atoms with Gasteiger partial charge in [-0.1, -0.05) is 11.8 Å². The zero-order chi connectivity index (χ0) is 19.2. The molecular weight excluding hydrogens is 366 g/mol. The van der Waals surface area contributed by atoms with Crippen molar-refractivity contribution in [2.45, 2.75) is 29.7 Å². The van der Waals surface area contributed by atoms with Gasteiger partial charge in [0, 0.05) is 6.20 Å². The predicted molar refractivity (Wildman–Crippen MR) is 91.5 cm³/mol. The minimum atomic E-state index is -1.45. The van der Waals surface area contributed by atoms with Crippen LogP contribution in [0.15, 0.2) is 16.1 Å². The molecule has 3 heterocycles. The van der Waals surface area contributed by atoms with E-state index in [1.165, 1.54) is 16.3 Å². The molecule has 0 aliphatic carbocycles. The Morgan fingerprint density at radius 1 is 1.38 bits per heavy atom. The summed E-state index contributed by atoms with van der Waals surface area (Å²) in [6.07, 6.45) is -2.33. The maximum absolute atomic E-state index is 12.6. The molecule has 0 aromatic carbocycles. The number of thioether (sulfide) groups is 1. The van der Waals surface area contributed by atoms with Crippen LogP contribution in [0, 0.1) is 0 Å². The summed E-state index contributed by atoms with van der Waals surface area (Å²) in [7, 11) is 0. The second-order valence-electron chi connectivity index (χ2n) is 5.67. The SMILES string of the molecule is CSc1nc(N)c2c(=O)c(C(N)=O)cn([C@@H]3O[C@H](CO)[C@@H](O)[C@H]3O)c2n1. The zero-order valence-corrected chi connectivity index (χ0v) is 14.4. The lowest BCUT2D eigenvalue weighted by Gasteiger charge is -2.21.